The van der Waals surface area contributed by atoms with E-state index in [1.54, 1.807) is 0 Å². The van der Waals surface area contributed by atoms with Gasteiger partial charge in [-0.25, -0.2) is 0 Å². The molecule has 2 aromatic rings. The maximum absolute atomic E-state index is 5.62. The molecule has 1 aliphatic rings. The molecule has 0 unspecified atom stereocenters. The van der Waals surface area contributed by atoms with Crippen molar-refractivity contribution in [3.05, 3.63) is 29.2 Å². The van der Waals surface area contributed by atoms with Crippen LogP contribution in [0.5, 0.6) is 0 Å². The van der Waals surface area contributed by atoms with Crippen molar-refractivity contribution in [2.45, 2.75) is 71.4 Å². The third kappa shape index (κ3) is 4.32. The first-order chi connectivity index (χ1) is 12.4. The Morgan fingerprint density at radius 1 is 1.27 bits per heavy atom. The molecule has 144 valence electrons. The van der Waals surface area contributed by atoms with Gasteiger partial charge in [-0.15, -0.1) is 0 Å². The van der Waals surface area contributed by atoms with Crippen LogP contribution in [0.25, 0.3) is 0 Å². The van der Waals surface area contributed by atoms with Gasteiger partial charge in [0, 0.05) is 42.3 Å². The number of hydrogen-bond acceptors (Lipinski definition) is 6. The molecule has 1 aliphatic heterocycles. The molecule has 7 nitrogen and oxygen atoms in total. The highest BCUT2D eigenvalue weighted by molar-refractivity contribution is 5.23. The Kier molecular flexibility index (Phi) is 5.77. The summed E-state index contributed by atoms with van der Waals surface area (Å²) >= 11 is 0. The average Bonchev–Trinajstić information content (AvgIpc) is 3.25. The number of nitrogens with one attached hydrogen (secondary N) is 2. The molecule has 2 N–H and O–H groups in total. The van der Waals surface area contributed by atoms with E-state index in [1.165, 1.54) is 5.56 Å². The van der Waals surface area contributed by atoms with Gasteiger partial charge in [-0.05, 0) is 18.8 Å². The maximum atomic E-state index is 5.62. The quantitative estimate of drug-likeness (QED) is 0.819. The zero-order chi connectivity index (χ0) is 18.7. The summed E-state index contributed by atoms with van der Waals surface area (Å²) in [4.78, 5) is 4.65. The smallest absolute Gasteiger partial charge is 0.244 e. The van der Waals surface area contributed by atoms with Crippen LogP contribution >= 0.6 is 0 Å². The van der Waals surface area contributed by atoms with Crippen LogP contribution in [0, 0.1) is 5.92 Å². The van der Waals surface area contributed by atoms with Gasteiger partial charge in [-0.2, -0.15) is 10.1 Å². The number of H-pyrrole nitrogens is 1. The molecule has 0 aromatic carbocycles. The summed E-state index contributed by atoms with van der Waals surface area (Å²) in [7, 11) is 0. The minimum atomic E-state index is 0.0248. The lowest BCUT2D eigenvalue weighted by Crippen LogP contribution is -2.32. The van der Waals surface area contributed by atoms with E-state index in [0.717, 1.165) is 37.6 Å². The molecule has 0 spiro atoms. The van der Waals surface area contributed by atoms with Crippen molar-refractivity contribution in [3.63, 3.8) is 0 Å². The fraction of sp³-hybridized carbons (Fsp3) is 0.737. The van der Waals surface area contributed by atoms with Crippen LogP contribution in [0.1, 0.15) is 82.4 Å². The first-order valence-electron chi connectivity index (χ1n) is 9.53. The fourth-order valence-corrected chi connectivity index (χ4v) is 3.43. The normalized spacial score (nSPS) is 17.8. The van der Waals surface area contributed by atoms with Gasteiger partial charge >= 0.3 is 0 Å². The first-order valence-corrected chi connectivity index (χ1v) is 9.53. The molecule has 0 radical (unpaired) electrons. The summed E-state index contributed by atoms with van der Waals surface area (Å²) in [6, 6.07) is 0.0293. The van der Waals surface area contributed by atoms with E-state index < -0.39 is 0 Å². The van der Waals surface area contributed by atoms with Crippen molar-refractivity contribution in [2.75, 3.05) is 13.2 Å². The molecule has 3 heterocycles. The van der Waals surface area contributed by atoms with Crippen molar-refractivity contribution in [1.29, 1.82) is 0 Å². The Morgan fingerprint density at radius 3 is 2.62 bits per heavy atom. The molecule has 1 saturated heterocycles. The van der Waals surface area contributed by atoms with Gasteiger partial charge in [-0.3, -0.25) is 5.10 Å². The molecular weight excluding hydrogens is 330 g/mol. The minimum Gasteiger partial charge on any atom is -0.381 e. The molecule has 0 saturated carbocycles. The Hall–Kier alpha value is -1.73. The Labute approximate surface area is 155 Å². The fourth-order valence-electron chi connectivity index (χ4n) is 3.43. The molecule has 0 amide bonds. The van der Waals surface area contributed by atoms with Crippen molar-refractivity contribution >= 4 is 0 Å². The van der Waals surface area contributed by atoms with Crippen LogP contribution < -0.4 is 5.32 Å². The summed E-state index contributed by atoms with van der Waals surface area (Å²) in [5.41, 5.74) is 2.36. The highest BCUT2D eigenvalue weighted by atomic mass is 16.5. The molecule has 1 fully saturated rings. The van der Waals surface area contributed by atoms with E-state index in [1.807, 2.05) is 6.20 Å². The third-order valence-corrected chi connectivity index (χ3v) is 4.96. The minimum absolute atomic E-state index is 0.0248. The number of hydrogen-bond donors (Lipinski definition) is 2. The summed E-state index contributed by atoms with van der Waals surface area (Å²) in [6.45, 7) is 13.0. The zero-order valence-corrected chi connectivity index (χ0v) is 16.5. The number of aromatic amines is 1. The van der Waals surface area contributed by atoms with Gasteiger partial charge in [0.05, 0.1) is 12.2 Å². The van der Waals surface area contributed by atoms with E-state index in [-0.39, 0.29) is 17.4 Å². The van der Waals surface area contributed by atoms with Crippen LogP contribution in [0.15, 0.2) is 10.7 Å². The maximum Gasteiger partial charge on any atom is 0.244 e. The number of nitrogens with zero attached hydrogens (tertiary/aromatic N) is 3. The van der Waals surface area contributed by atoms with Gasteiger partial charge in [0.25, 0.3) is 0 Å². The second-order valence-electron chi connectivity index (χ2n) is 8.47. The first kappa shape index (κ1) is 19.0. The van der Waals surface area contributed by atoms with Crippen molar-refractivity contribution < 1.29 is 9.26 Å². The molecule has 3 rings (SSSR count). The lowest BCUT2D eigenvalue weighted by Gasteiger charge is -2.29. The molecule has 7 heteroatoms. The van der Waals surface area contributed by atoms with Crippen LogP contribution in [-0.2, 0) is 16.7 Å². The van der Waals surface area contributed by atoms with Crippen LogP contribution in [-0.4, -0.2) is 33.6 Å². The van der Waals surface area contributed by atoms with Gasteiger partial charge in [0.15, 0.2) is 5.82 Å². The third-order valence-electron chi connectivity index (χ3n) is 4.96. The highest BCUT2D eigenvalue weighted by Gasteiger charge is 2.31. The summed E-state index contributed by atoms with van der Waals surface area (Å²) in [5, 5.41) is 15.2. The Bertz CT molecular complexity index is 695. The van der Waals surface area contributed by atoms with Gasteiger partial charge in [0.2, 0.25) is 5.89 Å². The molecule has 0 bridgehead atoms. The average molecular weight is 361 g/mol. The summed E-state index contributed by atoms with van der Waals surface area (Å²) in [6.07, 6.45) is 3.89. The lowest BCUT2D eigenvalue weighted by atomic mass is 9.88. The van der Waals surface area contributed by atoms with E-state index in [0.29, 0.717) is 18.4 Å². The van der Waals surface area contributed by atoms with Gasteiger partial charge < -0.3 is 14.6 Å². The Morgan fingerprint density at radius 2 is 2.00 bits per heavy atom. The van der Waals surface area contributed by atoms with Gasteiger partial charge in [-0.1, -0.05) is 39.8 Å². The van der Waals surface area contributed by atoms with Gasteiger partial charge in [0.1, 0.15) is 0 Å². The summed E-state index contributed by atoms with van der Waals surface area (Å²) < 4.78 is 11.2. The summed E-state index contributed by atoms with van der Waals surface area (Å²) in [5.74, 6) is 2.12. The van der Waals surface area contributed by atoms with Crippen LogP contribution in [0.3, 0.4) is 0 Å². The largest absolute Gasteiger partial charge is 0.381 e. The predicted octanol–water partition coefficient (Wildman–Crippen LogP) is 3.47. The van der Waals surface area contributed by atoms with E-state index in [2.05, 4.69) is 60.3 Å². The second-order valence-corrected chi connectivity index (χ2v) is 8.47. The predicted molar refractivity (Wildman–Crippen MR) is 98.8 cm³/mol. The molecule has 26 heavy (non-hydrogen) atoms. The van der Waals surface area contributed by atoms with Crippen molar-refractivity contribution in [1.82, 2.24) is 25.7 Å². The molecular formula is C19H31N5O2. The molecule has 2 aromatic heterocycles. The van der Waals surface area contributed by atoms with Crippen LogP contribution in [0.4, 0.5) is 0 Å². The number of rotatable bonds is 6. The SMILES string of the molecule is CC(C)c1noc([C@H](NCc2cn[nH]c2C(C)(C)C)C2CCOCC2)n1. The molecule has 1 atom stereocenters. The van der Waals surface area contributed by atoms with E-state index >= 15 is 0 Å². The lowest BCUT2D eigenvalue weighted by molar-refractivity contribution is 0.0485. The number of ether oxygens (including phenoxy) is 1. The topological polar surface area (TPSA) is 88.9 Å². The molecule has 0 aliphatic carbocycles. The van der Waals surface area contributed by atoms with E-state index in [9.17, 15) is 0 Å². The number of aromatic nitrogens is 4. The van der Waals surface area contributed by atoms with E-state index in [4.69, 9.17) is 9.26 Å². The van der Waals surface area contributed by atoms with Crippen molar-refractivity contribution in [2.24, 2.45) is 5.92 Å². The standard InChI is InChI=1S/C19H31N5O2/c1-12(2)17-22-18(26-24-17)15(13-6-8-25-9-7-13)20-10-14-11-21-23-16(14)19(3,4)5/h11-13,15,20H,6-10H2,1-5H3,(H,21,23)/t15-/m1/s1. The Balaban J connectivity index is 1.78. The van der Waals surface area contributed by atoms with Crippen molar-refractivity contribution in [3.8, 4) is 0 Å². The second kappa shape index (κ2) is 7.88. The monoisotopic (exact) mass is 361 g/mol. The zero-order valence-electron chi connectivity index (χ0n) is 16.5. The van der Waals surface area contributed by atoms with Crippen LogP contribution in [0.2, 0.25) is 0 Å². The highest BCUT2D eigenvalue weighted by Crippen LogP contribution is 2.31.